The summed E-state index contributed by atoms with van der Waals surface area (Å²) in [7, 11) is 0. The summed E-state index contributed by atoms with van der Waals surface area (Å²) < 4.78 is 4.53. The molecule has 1 aliphatic rings. The first-order valence-corrected chi connectivity index (χ1v) is 3.22. The minimum Gasteiger partial charge on any atom is -0.388 e. The fraction of sp³-hybridized carbons (Fsp3) is 1.00. The second kappa shape index (κ2) is 3.12. The molecule has 0 unspecified atom stereocenters. The summed E-state index contributed by atoms with van der Waals surface area (Å²) in [6.07, 6.45) is -2.46. The SMILES string of the molecule is O=[N+]([O-])[C@H]1CO[C@H](O)[C@@H](O)C1. The molecular formula is C5H9NO5. The van der Waals surface area contributed by atoms with Gasteiger partial charge in [-0.25, -0.2) is 0 Å². The molecule has 1 aliphatic heterocycles. The van der Waals surface area contributed by atoms with E-state index in [0.29, 0.717) is 0 Å². The fourth-order valence-electron chi connectivity index (χ4n) is 0.931. The largest absolute Gasteiger partial charge is 0.388 e. The summed E-state index contributed by atoms with van der Waals surface area (Å²) >= 11 is 0. The van der Waals surface area contributed by atoms with Crippen molar-refractivity contribution in [3.63, 3.8) is 0 Å². The van der Waals surface area contributed by atoms with Gasteiger partial charge < -0.3 is 14.9 Å². The van der Waals surface area contributed by atoms with Gasteiger partial charge in [-0.15, -0.1) is 0 Å². The van der Waals surface area contributed by atoms with Gasteiger partial charge in [-0.1, -0.05) is 0 Å². The van der Waals surface area contributed by atoms with Crippen LogP contribution in [-0.2, 0) is 4.74 Å². The molecule has 0 bridgehead atoms. The minimum atomic E-state index is -1.27. The van der Waals surface area contributed by atoms with Crippen molar-refractivity contribution in [2.75, 3.05) is 6.61 Å². The predicted molar refractivity (Wildman–Crippen MR) is 33.4 cm³/mol. The maximum Gasteiger partial charge on any atom is 0.238 e. The molecule has 0 aromatic rings. The van der Waals surface area contributed by atoms with E-state index in [-0.39, 0.29) is 13.0 Å². The second-order valence-electron chi connectivity index (χ2n) is 2.47. The van der Waals surface area contributed by atoms with Crippen molar-refractivity contribution in [2.24, 2.45) is 0 Å². The molecule has 1 saturated heterocycles. The Hall–Kier alpha value is -0.720. The zero-order valence-electron chi connectivity index (χ0n) is 5.71. The molecule has 0 aromatic carbocycles. The average molecular weight is 163 g/mol. The lowest BCUT2D eigenvalue weighted by Crippen LogP contribution is -2.43. The van der Waals surface area contributed by atoms with E-state index in [2.05, 4.69) is 4.74 Å². The predicted octanol–water partition coefficient (Wildman–Crippen LogP) is -1.27. The number of aliphatic hydroxyl groups excluding tert-OH is 2. The van der Waals surface area contributed by atoms with Crippen LogP contribution in [0.2, 0.25) is 0 Å². The lowest BCUT2D eigenvalue weighted by molar-refractivity contribution is -0.538. The second-order valence-corrected chi connectivity index (χ2v) is 2.47. The van der Waals surface area contributed by atoms with Gasteiger partial charge in [0.2, 0.25) is 6.04 Å². The number of ether oxygens (including phenoxy) is 1. The smallest absolute Gasteiger partial charge is 0.238 e. The van der Waals surface area contributed by atoms with Gasteiger partial charge in [-0.05, 0) is 0 Å². The third-order valence-corrected chi connectivity index (χ3v) is 1.60. The first-order valence-electron chi connectivity index (χ1n) is 3.22. The Morgan fingerprint density at radius 2 is 2.18 bits per heavy atom. The van der Waals surface area contributed by atoms with Crippen molar-refractivity contribution in [2.45, 2.75) is 24.9 Å². The van der Waals surface area contributed by atoms with Crippen molar-refractivity contribution in [3.8, 4) is 0 Å². The normalized spacial score (nSPS) is 38.5. The van der Waals surface area contributed by atoms with E-state index >= 15 is 0 Å². The summed E-state index contributed by atoms with van der Waals surface area (Å²) in [5, 5.41) is 27.8. The van der Waals surface area contributed by atoms with E-state index in [9.17, 15) is 10.1 Å². The van der Waals surface area contributed by atoms with Gasteiger partial charge >= 0.3 is 0 Å². The molecule has 0 saturated carbocycles. The van der Waals surface area contributed by atoms with Crippen molar-refractivity contribution in [3.05, 3.63) is 10.1 Å². The van der Waals surface area contributed by atoms with E-state index in [4.69, 9.17) is 10.2 Å². The van der Waals surface area contributed by atoms with E-state index < -0.39 is 23.4 Å². The van der Waals surface area contributed by atoms with Gasteiger partial charge in [0.15, 0.2) is 6.29 Å². The lowest BCUT2D eigenvalue weighted by Gasteiger charge is -2.25. The molecule has 1 rings (SSSR count). The highest BCUT2D eigenvalue weighted by molar-refractivity contribution is 4.71. The van der Waals surface area contributed by atoms with Gasteiger partial charge in [0.25, 0.3) is 0 Å². The number of hydrogen-bond donors (Lipinski definition) is 2. The number of nitrogens with zero attached hydrogens (tertiary/aromatic N) is 1. The molecule has 6 heteroatoms. The Bertz CT molecular complexity index is 161. The Morgan fingerprint density at radius 3 is 2.64 bits per heavy atom. The molecule has 64 valence electrons. The molecule has 2 N–H and O–H groups in total. The molecular weight excluding hydrogens is 154 g/mol. The fourth-order valence-corrected chi connectivity index (χ4v) is 0.931. The van der Waals surface area contributed by atoms with Crippen LogP contribution in [0.15, 0.2) is 0 Å². The molecule has 0 amide bonds. The van der Waals surface area contributed by atoms with Gasteiger partial charge in [0.1, 0.15) is 12.7 Å². The first kappa shape index (κ1) is 8.38. The molecule has 6 nitrogen and oxygen atoms in total. The van der Waals surface area contributed by atoms with Crippen LogP contribution >= 0.6 is 0 Å². The summed E-state index contributed by atoms with van der Waals surface area (Å²) in [6, 6.07) is -0.895. The quantitative estimate of drug-likeness (QED) is 0.371. The van der Waals surface area contributed by atoms with Crippen LogP contribution in [0.5, 0.6) is 0 Å². The van der Waals surface area contributed by atoms with E-state index in [1.54, 1.807) is 0 Å². The Labute approximate surface area is 62.5 Å². The molecule has 0 aliphatic carbocycles. The summed E-state index contributed by atoms with van der Waals surface area (Å²) in [5.41, 5.74) is 0. The van der Waals surface area contributed by atoms with Crippen molar-refractivity contribution in [1.82, 2.24) is 0 Å². The number of rotatable bonds is 1. The number of hydrogen-bond acceptors (Lipinski definition) is 5. The third kappa shape index (κ3) is 1.86. The summed E-state index contributed by atoms with van der Waals surface area (Å²) in [4.78, 5) is 9.62. The van der Waals surface area contributed by atoms with E-state index in [1.165, 1.54) is 0 Å². The molecule has 1 heterocycles. The standard InChI is InChI=1S/C5H9NO5/c7-4-1-3(6(9)10)2-11-5(4)8/h3-5,7-8H,1-2H2/t3-,4+,5+/m1/s1. The molecule has 0 spiro atoms. The van der Waals surface area contributed by atoms with Crippen LogP contribution in [0.4, 0.5) is 0 Å². The van der Waals surface area contributed by atoms with Crippen molar-refractivity contribution in [1.29, 1.82) is 0 Å². The van der Waals surface area contributed by atoms with Gasteiger partial charge in [0.05, 0.1) is 0 Å². The molecule has 3 atom stereocenters. The maximum atomic E-state index is 10.1. The lowest BCUT2D eigenvalue weighted by atomic mass is 10.1. The topological polar surface area (TPSA) is 92.8 Å². The maximum absolute atomic E-state index is 10.1. The Balaban J connectivity index is 2.46. The van der Waals surface area contributed by atoms with Crippen LogP contribution < -0.4 is 0 Å². The molecule has 0 aromatic heterocycles. The minimum absolute atomic E-state index is 0.0475. The molecule has 0 radical (unpaired) electrons. The van der Waals surface area contributed by atoms with Crippen molar-refractivity contribution >= 4 is 0 Å². The Kier molecular flexibility index (Phi) is 2.38. The Morgan fingerprint density at radius 1 is 1.55 bits per heavy atom. The zero-order chi connectivity index (χ0) is 8.43. The zero-order valence-corrected chi connectivity index (χ0v) is 5.71. The summed E-state index contributed by atoms with van der Waals surface area (Å²) in [6.45, 7) is -0.134. The highest BCUT2D eigenvalue weighted by atomic mass is 16.6. The number of aliphatic hydroxyl groups is 2. The van der Waals surface area contributed by atoms with Crippen LogP contribution in [0.25, 0.3) is 0 Å². The van der Waals surface area contributed by atoms with E-state index in [1.807, 2.05) is 0 Å². The van der Waals surface area contributed by atoms with Crippen LogP contribution in [0.1, 0.15) is 6.42 Å². The van der Waals surface area contributed by atoms with Crippen LogP contribution in [-0.4, -0.2) is 40.2 Å². The first-order chi connectivity index (χ1) is 5.11. The summed E-state index contributed by atoms with van der Waals surface area (Å²) in [5.74, 6) is 0. The van der Waals surface area contributed by atoms with Gasteiger partial charge in [-0.3, -0.25) is 10.1 Å². The third-order valence-electron chi connectivity index (χ3n) is 1.60. The molecule has 1 fully saturated rings. The average Bonchev–Trinajstić information content (AvgIpc) is 1.94. The van der Waals surface area contributed by atoms with Crippen LogP contribution in [0.3, 0.4) is 0 Å². The van der Waals surface area contributed by atoms with E-state index in [0.717, 1.165) is 0 Å². The van der Waals surface area contributed by atoms with Crippen LogP contribution in [0, 0.1) is 10.1 Å². The highest BCUT2D eigenvalue weighted by Crippen LogP contribution is 2.14. The highest BCUT2D eigenvalue weighted by Gasteiger charge is 2.34. The monoisotopic (exact) mass is 163 g/mol. The molecule has 11 heavy (non-hydrogen) atoms. The van der Waals surface area contributed by atoms with Crippen molar-refractivity contribution < 1.29 is 19.9 Å². The van der Waals surface area contributed by atoms with Gasteiger partial charge in [0, 0.05) is 11.3 Å². The van der Waals surface area contributed by atoms with Gasteiger partial charge in [-0.2, -0.15) is 0 Å². The number of nitro groups is 1.